The van der Waals surface area contributed by atoms with Crippen LogP contribution in [-0.2, 0) is 14.3 Å². The highest BCUT2D eigenvalue weighted by molar-refractivity contribution is 5.97. The fourth-order valence-electron chi connectivity index (χ4n) is 4.63. The van der Waals surface area contributed by atoms with Gasteiger partial charge < -0.3 is 9.84 Å². The first-order valence-corrected chi connectivity index (χ1v) is 14.0. The largest absolute Gasteiger partial charge is 0.481 e. The smallest absolute Gasteiger partial charge is 0.306 e. The number of rotatable bonds is 13. The van der Waals surface area contributed by atoms with Crippen molar-refractivity contribution >= 4 is 23.5 Å². The lowest BCUT2D eigenvalue weighted by molar-refractivity contribution is -0.143. The molecule has 42 heavy (non-hydrogen) atoms. The van der Waals surface area contributed by atoms with Crippen molar-refractivity contribution in [2.45, 2.75) is 44.4 Å². The lowest BCUT2D eigenvalue weighted by Crippen LogP contribution is -2.14. The minimum atomic E-state index is -0.889. The second-order valence-corrected chi connectivity index (χ2v) is 9.81. The van der Waals surface area contributed by atoms with Crippen molar-refractivity contribution in [3.8, 4) is 0 Å². The second kappa shape index (κ2) is 17.1. The highest BCUT2D eigenvalue weighted by atomic mass is 16.5. The molecule has 6 nitrogen and oxygen atoms in total. The van der Waals surface area contributed by atoms with Crippen molar-refractivity contribution in [2.75, 3.05) is 6.61 Å². The quantitative estimate of drug-likeness (QED) is 0.133. The summed E-state index contributed by atoms with van der Waals surface area (Å²) in [5.41, 5.74) is 3.17. The zero-order valence-corrected chi connectivity index (χ0v) is 23.7. The van der Waals surface area contributed by atoms with E-state index >= 15 is 0 Å². The van der Waals surface area contributed by atoms with E-state index in [0.29, 0.717) is 24.2 Å². The van der Waals surface area contributed by atoms with Crippen molar-refractivity contribution in [3.05, 3.63) is 144 Å². The summed E-state index contributed by atoms with van der Waals surface area (Å²) < 4.78 is 5.03. The first kappa shape index (κ1) is 31.7. The van der Waals surface area contributed by atoms with Gasteiger partial charge in [0.15, 0.2) is 11.6 Å². The van der Waals surface area contributed by atoms with Crippen molar-refractivity contribution < 1.29 is 29.0 Å². The lowest BCUT2D eigenvalue weighted by atomic mass is 9.89. The van der Waals surface area contributed by atoms with Gasteiger partial charge >= 0.3 is 11.9 Å². The lowest BCUT2D eigenvalue weighted by Gasteiger charge is -2.16. The van der Waals surface area contributed by atoms with Crippen LogP contribution in [0.25, 0.3) is 0 Å². The van der Waals surface area contributed by atoms with E-state index in [2.05, 4.69) is 0 Å². The second-order valence-electron chi connectivity index (χ2n) is 9.81. The number of carbonyl (C=O) groups is 4. The van der Waals surface area contributed by atoms with Gasteiger partial charge in [0.1, 0.15) is 0 Å². The van der Waals surface area contributed by atoms with E-state index in [1.54, 1.807) is 31.2 Å². The Bertz CT molecular complexity index is 1400. The van der Waals surface area contributed by atoms with E-state index in [4.69, 9.17) is 9.84 Å². The average molecular weight is 565 g/mol. The monoisotopic (exact) mass is 564 g/mol. The van der Waals surface area contributed by atoms with Crippen molar-refractivity contribution in [3.63, 3.8) is 0 Å². The first-order valence-electron chi connectivity index (χ1n) is 14.0. The molecule has 216 valence electrons. The molecule has 4 aromatic carbocycles. The third-order valence-electron chi connectivity index (χ3n) is 6.74. The standard InChI is InChI=1S/C19H20O3.C17H16O3/c1-2-22-19(21)14-17(15-9-5-3-6-10-15)13-18(20)16-11-7-4-8-12-16;18-16(14-9-5-2-6-10-14)11-15(12-17(19)20)13-7-3-1-4-8-13/h3-12,17H,2,13-14H2,1H3;1-10,15H,11-12H2,(H,19,20). The topological polar surface area (TPSA) is 97.7 Å². The molecule has 2 unspecified atom stereocenters. The van der Waals surface area contributed by atoms with Gasteiger partial charge in [0.25, 0.3) is 0 Å². The molecule has 0 spiro atoms. The first-order chi connectivity index (χ1) is 20.4. The molecule has 0 aliphatic heterocycles. The summed E-state index contributed by atoms with van der Waals surface area (Å²) in [6.45, 7) is 2.14. The van der Waals surface area contributed by atoms with Crippen molar-refractivity contribution in [1.82, 2.24) is 0 Å². The summed E-state index contributed by atoms with van der Waals surface area (Å²) in [4.78, 5) is 47.4. The SMILES string of the molecule is CCOC(=O)CC(CC(=O)c1ccccc1)c1ccccc1.O=C(O)CC(CC(=O)c1ccccc1)c1ccccc1. The molecular formula is C36H36O6. The van der Waals surface area contributed by atoms with Crippen LogP contribution in [0.4, 0.5) is 0 Å². The highest BCUT2D eigenvalue weighted by Gasteiger charge is 2.21. The molecule has 0 aliphatic carbocycles. The molecular weight excluding hydrogens is 528 g/mol. The molecule has 4 rings (SSSR count). The molecule has 6 heteroatoms. The molecule has 0 fully saturated rings. The Morgan fingerprint density at radius 1 is 0.548 bits per heavy atom. The van der Waals surface area contributed by atoms with E-state index in [1.807, 2.05) is 97.1 Å². The highest BCUT2D eigenvalue weighted by Crippen LogP contribution is 2.27. The normalized spacial score (nSPS) is 11.7. The molecule has 0 amide bonds. The molecule has 0 heterocycles. The predicted octanol–water partition coefficient (Wildman–Crippen LogP) is 7.51. The number of carboxylic acid groups (broad SMARTS) is 1. The Balaban J connectivity index is 0.000000231. The summed E-state index contributed by atoms with van der Waals surface area (Å²) >= 11 is 0. The van der Waals surface area contributed by atoms with Gasteiger partial charge in [-0.2, -0.15) is 0 Å². The molecule has 0 aliphatic rings. The van der Waals surface area contributed by atoms with Gasteiger partial charge in [0.2, 0.25) is 0 Å². The summed E-state index contributed by atoms with van der Waals surface area (Å²) in [6.07, 6.45) is 0.687. The number of Topliss-reactive ketones (excluding diaryl/α,β-unsaturated/α-hetero) is 2. The third kappa shape index (κ3) is 10.6. The van der Waals surface area contributed by atoms with Crippen LogP contribution in [0.1, 0.15) is 76.3 Å². The molecule has 1 N–H and O–H groups in total. The van der Waals surface area contributed by atoms with Gasteiger partial charge in [-0.25, -0.2) is 0 Å². The Kier molecular flexibility index (Phi) is 12.9. The summed E-state index contributed by atoms with van der Waals surface area (Å²) in [6, 6.07) is 37.1. The number of hydrogen-bond acceptors (Lipinski definition) is 5. The van der Waals surface area contributed by atoms with Gasteiger partial charge in [-0.1, -0.05) is 121 Å². The van der Waals surface area contributed by atoms with Crippen molar-refractivity contribution in [2.24, 2.45) is 0 Å². The van der Waals surface area contributed by atoms with E-state index < -0.39 is 5.97 Å². The van der Waals surface area contributed by atoms with E-state index in [-0.39, 0.29) is 48.6 Å². The molecule has 2 atom stereocenters. The number of aliphatic carboxylic acids is 1. The van der Waals surface area contributed by atoms with Crippen LogP contribution in [0.2, 0.25) is 0 Å². The Hall–Kier alpha value is -4.84. The minimum Gasteiger partial charge on any atom is -0.481 e. The van der Waals surface area contributed by atoms with Gasteiger partial charge in [-0.3, -0.25) is 19.2 Å². The molecule has 0 aromatic heterocycles. The van der Waals surface area contributed by atoms with Crippen LogP contribution >= 0.6 is 0 Å². The Labute approximate surface area is 247 Å². The minimum absolute atomic E-state index is 0.0271. The number of benzene rings is 4. The van der Waals surface area contributed by atoms with Crippen LogP contribution in [0.3, 0.4) is 0 Å². The number of carbonyl (C=O) groups excluding carboxylic acids is 3. The summed E-state index contributed by atoms with van der Waals surface area (Å²) in [7, 11) is 0. The third-order valence-corrected chi connectivity index (χ3v) is 6.74. The number of ether oxygens (including phenoxy) is 1. The van der Waals surface area contributed by atoms with Crippen LogP contribution in [0, 0.1) is 0 Å². The maximum Gasteiger partial charge on any atom is 0.306 e. The maximum absolute atomic E-state index is 12.4. The number of ketones is 2. The average Bonchev–Trinajstić information content (AvgIpc) is 3.02. The number of hydrogen-bond donors (Lipinski definition) is 1. The van der Waals surface area contributed by atoms with Crippen LogP contribution in [-0.4, -0.2) is 35.2 Å². The zero-order chi connectivity index (χ0) is 30.2. The van der Waals surface area contributed by atoms with E-state index in [9.17, 15) is 19.2 Å². The van der Waals surface area contributed by atoms with Crippen LogP contribution in [0.5, 0.6) is 0 Å². The fourth-order valence-corrected chi connectivity index (χ4v) is 4.63. The van der Waals surface area contributed by atoms with Crippen LogP contribution < -0.4 is 0 Å². The summed E-state index contributed by atoms with van der Waals surface area (Å²) in [5.74, 6) is -1.59. The Morgan fingerprint density at radius 2 is 0.905 bits per heavy atom. The van der Waals surface area contributed by atoms with E-state index in [1.165, 1.54) is 0 Å². The van der Waals surface area contributed by atoms with Crippen LogP contribution in [0.15, 0.2) is 121 Å². The predicted molar refractivity (Wildman–Crippen MR) is 163 cm³/mol. The van der Waals surface area contributed by atoms with Gasteiger partial charge in [-0.15, -0.1) is 0 Å². The fraction of sp³-hybridized carbons (Fsp3) is 0.222. The molecule has 4 aromatic rings. The summed E-state index contributed by atoms with van der Waals surface area (Å²) in [5, 5.41) is 9.02. The Morgan fingerprint density at radius 3 is 1.26 bits per heavy atom. The van der Waals surface area contributed by atoms with Gasteiger partial charge in [0.05, 0.1) is 19.4 Å². The number of esters is 1. The number of carboxylic acids is 1. The van der Waals surface area contributed by atoms with E-state index in [0.717, 1.165) is 11.1 Å². The van der Waals surface area contributed by atoms with Gasteiger partial charge in [0, 0.05) is 35.8 Å². The maximum atomic E-state index is 12.4. The molecule has 0 bridgehead atoms. The van der Waals surface area contributed by atoms with Gasteiger partial charge in [-0.05, 0) is 18.1 Å². The molecule has 0 radical (unpaired) electrons. The van der Waals surface area contributed by atoms with Crippen molar-refractivity contribution in [1.29, 1.82) is 0 Å². The zero-order valence-electron chi connectivity index (χ0n) is 23.7. The molecule has 0 saturated heterocycles. The molecule has 0 saturated carbocycles.